The summed E-state index contributed by atoms with van der Waals surface area (Å²) >= 11 is 0. The molecule has 0 bridgehead atoms. The van der Waals surface area contributed by atoms with E-state index < -0.39 is 35.3 Å². The van der Waals surface area contributed by atoms with Crippen molar-refractivity contribution >= 4 is 64.8 Å². The molecule has 4 rings (SSSR count). The molecule has 0 radical (unpaired) electrons. The third kappa shape index (κ3) is 30.8. The molecule has 1 saturated carbocycles. The molecule has 558 valence electrons. The van der Waals surface area contributed by atoms with Crippen LogP contribution in [0.3, 0.4) is 0 Å². The normalized spacial score (nSPS) is 17.2. The molecule has 2 aromatic rings. The number of carbonyl (C=O) groups is 9. The van der Waals surface area contributed by atoms with Gasteiger partial charge in [-0.15, -0.1) is 0 Å². The van der Waals surface area contributed by atoms with Crippen LogP contribution in [0.5, 0.6) is 11.5 Å². The molecule has 5 amide bonds. The number of benzene rings is 2. The van der Waals surface area contributed by atoms with E-state index in [1.54, 1.807) is 56.0 Å². The van der Waals surface area contributed by atoms with E-state index in [4.69, 9.17) is 34.4 Å². The standard InChI is InChI=1S/C70H110N12O18/c1-9-52-21-22-70(69(94)95,51(4)43-52)76-67(92)55(71)45-57(66-58(96-7)15-10-16-59(66)97-8)75-56-18-17-53(44-54(56)50(2)3)68(93)82(28-14-26-77(5)6)27-11-23-72-60(83)19-20-61(84)73-24-12-37-98-39-41-100-42-40-99-38-13-25-74-62(85)46-78-29-31-79(47-63(86)87)33-35-81(49-65(90)91)36-34-80(32-30-78)48-64(88)89/h10,15-18,44-45,50,52H,4,9,11-14,19-43,46-49,71H2,1-3,5-8H3,(H,72,83)(H,73,84)(H,74,85)(H,76,92)(H,86,87)(H,88,89)(H,90,91)(H,94,95). The van der Waals surface area contributed by atoms with Gasteiger partial charge >= 0.3 is 23.9 Å². The third-order valence-electron chi connectivity index (χ3n) is 17.2. The molecule has 1 saturated heterocycles. The van der Waals surface area contributed by atoms with Gasteiger partial charge in [0.1, 0.15) is 11.5 Å². The third-order valence-corrected chi connectivity index (χ3v) is 17.2. The summed E-state index contributed by atoms with van der Waals surface area (Å²) in [5.41, 5.74) is 7.08. The fourth-order valence-electron chi connectivity index (χ4n) is 11.5. The Labute approximate surface area is 587 Å². The van der Waals surface area contributed by atoms with Crippen LogP contribution in [-0.4, -0.2) is 300 Å². The van der Waals surface area contributed by atoms with Crippen molar-refractivity contribution in [1.29, 1.82) is 0 Å². The predicted molar refractivity (Wildman–Crippen MR) is 376 cm³/mol. The number of aliphatic carboxylic acids is 4. The van der Waals surface area contributed by atoms with Crippen molar-refractivity contribution in [2.75, 3.05) is 186 Å². The summed E-state index contributed by atoms with van der Waals surface area (Å²) in [5.74, 6) is -5.32. The van der Waals surface area contributed by atoms with Crippen LogP contribution in [0.1, 0.15) is 112 Å². The highest BCUT2D eigenvalue weighted by atomic mass is 16.5. The van der Waals surface area contributed by atoms with Gasteiger partial charge in [-0.1, -0.05) is 39.8 Å². The zero-order chi connectivity index (χ0) is 73.6. The van der Waals surface area contributed by atoms with Gasteiger partial charge in [-0.25, -0.2) is 9.79 Å². The maximum absolute atomic E-state index is 14.5. The Morgan fingerprint density at radius 2 is 1.13 bits per heavy atom. The number of carboxylic acid groups (broad SMARTS) is 4. The molecule has 30 nitrogen and oxygen atoms in total. The van der Waals surface area contributed by atoms with E-state index in [2.05, 4.69) is 27.8 Å². The Kier molecular flexibility index (Phi) is 38.5. The van der Waals surface area contributed by atoms with Crippen molar-refractivity contribution in [1.82, 2.24) is 50.7 Å². The fourth-order valence-corrected chi connectivity index (χ4v) is 11.5. The van der Waals surface area contributed by atoms with Gasteiger partial charge in [-0.3, -0.25) is 58.0 Å². The Balaban J connectivity index is 1.17. The van der Waals surface area contributed by atoms with Gasteiger partial charge in [0, 0.05) is 117 Å². The van der Waals surface area contributed by atoms with Gasteiger partial charge in [0.25, 0.3) is 11.8 Å². The number of nitrogens with two attached hydrogens (primary N) is 1. The van der Waals surface area contributed by atoms with Crippen molar-refractivity contribution in [3.05, 3.63) is 77.0 Å². The summed E-state index contributed by atoms with van der Waals surface area (Å²) < 4.78 is 28.4. The lowest BCUT2D eigenvalue weighted by Crippen LogP contribution is -2.58. The number of nitrogens with one attached hydrogen (secondary N) is 4. The highest BCUT2D eigenvalue weighted by Gasteiger charge is 2.46. The first-order valence-corrected chi connectivity index (χ1v) is 34.5. The summed E-state index contributed by atoms with van der Waals surface area (Å²) in [6, 6.07) is 10.4. The van der Waals surface area contributed by atoms with Crippen molar-refractivity contribution in [2.45, 2.75) is 96.4 Å². The summed E-state index contributed by atoms with van der Waals surface area (Å²) in [5, 5.41) is 50.0. The number of allylic oxidation sites excluding steroid dienone is 1. The molecule has 30 heteroatoms. The molecular formula is C70H110N12O18. The molecule has 2 aromatic carbocycles. The van der Waals surface area contributed by atoms with E-state index in [1.807, 2.05) is 44.7 Å². The molecule has 100 heavy (non-hydrogen) atoms. The smallest absolute Gasteiger partial charge is 0.333 e. The van der Waals surface area contributed by atoms with E-state index in [0.717, 1.165) is 13.0 Å². The number of carboxylic acids is 4. The lowest BCUT2D eigenvalue weighted by Gasteiger charge is -2.39. The molecular weight excluding hydrogens is 1300 g/mol. The first-order valence-electron chi connectivity index (χ1n) is 34.5. The molecule has 0 aromatic heterocycles. The van der Waals surface area contributed by atoms with Crippen LogP contribution in [0.2, 0.25) is 0 Å². The average Bonchev–Trinajstić information content (AvgIpc) is 0.789. The van der Waals surface area contributed by atoms with Crippen LogP contribution in [0, 0.1) is 5.92 Å². The SMILES string of the molecule is C=C1CC(CC)CCC1(NC(=O)C(N)=CC(=Nc1ccc(C(=O)N(CCCNC(=O)CCC(=O)NCCCOCCOCCOCCCNC(=O)CN2CCN(CC(=O)O)CCN(CC(=O)O)CCN(CC(=O)O)CC2)CCCN(C)C)cc1C(C)C)c1c(OC)cccc1OC)C(=O)O. The maximum atomic E-state index is 14.5. The predicted octanol–water partition coefficient (Wildman–Crippen LogP) is 2.71. The molecule has 2 unspecified atom stereocenters. The van der Waals surface area contributed by atoms with Crippen LogP contribution >= 0.6 is 0 Å². The van der Waals surface area contributed by atoms with E-state index in [0.29, 0.717) is 170 Å². The van der Waals surface area contributed by atoms with Gasteiger partial charge in [0.15, 0.2) is 5.54 Å². The molecule has 2 aliphatic rings. The number of hydrogen-bond acceptors (Lipinski definition) is 21. The van der Waals surface area contributed by atoms with Crippen molar-refractivity contribution < 1.29 is 87.3 Å². The van der Waals surface area contributed by atoms with Crippen molar-refractivity contribution in [3.8, 4) is 11.5 Å². The molecule has 10 N–H and O–H groups in total. The van der Waals surface area contributed by atoms with Crippen LogP contribution in [-0.2, 0) is 52.6 Å². The molecule has 2 atom stereocenters. The lowest BCUT2D eigenvalue weighted by atomic mass is 9.72. The fraction of sp³-hybridized carbons (Fsp3) is 0.629. The number of aliphatic imine (C=N–C) groups is 1. The Morgan fingerprint density at radius 1 is 0.660 bits per heavy atom. The number of amides is 5. The Morgan fingerprint density at radius 3 is 1.58 bits per heavy atom. The number of ether oxygens (including phenoxy) is 5. The number of nitrogens with zero attached hydrogens (tertiary/aromatic N) is 7. The lowest BCUT2D eigenvalue weighted by molar-refractivity contribution is -0.146. The highest BCUT2D eigenvalue weighted by molar-refractivity contribution is 6.16. The quantitative estimate of drug-likeness (QED) is 0.0199. The van der Waals surface area contributed by atoms with Gasteiger partial charge in [0.05, 0.1) is 89.5 Å². The molecule has 0 spiro atoms. The number of rotatable bonds is 44. The van der Waals surface area contributed by atoms with Crippen LogP contribution < -0.4 is 36.5 Å². The van der Waals surface area contributed by atoms with Crippen LogP contribution in [0.4, 0.5) is 5.69 Å². The summed E-state index contributed by atoms with van der Waals surface area (Å²) in [7, 11) is 6.88. The minimum atomic E-state index is -1.70. The van der Waals surface area contributed by atoms with Crippen molar-refractivity contribution in [3.63, 3.8) is 0 Å². The van der Waals surface area contributed by atoms with Gasteiger partial charge < -0.3 is 80.9 Å². The minimum absolute atomic E-state index is 0.00347. The second-order valence-corrected chi connectivity index (χ2v) is 25.5. The largest absolute Gasteiger partial charge is 0.496 e. The van der Waals surface area contributed by atoms with E-state index in [-0.39, 0.29) is 125 Å². The van der Waals surface area contributed by atoms with E-state index in [1.165, 1.54) is 20.3 Å². The van der Waals surface area contributed by atoms with Gasteiger partial charge in [-0.05, 0) is 125 Å². The molecule has 1 heterocycles. The maximum Gasteiger partial charge on any atom is 0.333 e. The Bertz CT molecular complexity index is 3000. The molecule has 1 aliphatic carbocycles. The summed E-state index contributed by atoms with van der Waals surface area (Å²) in [4.78, 5) is 130. The van der Waals surface area contributed by atoms with Crippen LogP contribution in [0.15, 0.2) is 65.3 Å². The topological polar surface area (TPSA) is 387 Å². The molecule has 2 fully saturated rings. The van der Waals surface area contributed by atoms with Crippen LogP contribution in [0.25, 0.3) is 0 Å². The number of hydrogen-bond donors (Lipinski definition) is 9. The zero-order valence-electron chi connectivity index (χ0n) is 59.7. The number of carbonyl (C=O) groups excluding carboxylic acids is 5. The number of methoxy groups -OCH3 is 2. The van der Waals surface area contributed by atoms with Crippen molar-refractivity contribution in [2.24, 2.45) is 16.6 Å². The highest BCUT2D eigenvalue weighted by Crippen LogP contribution is 2.38. The van der Waals surface area contributed by atoms with E-state index >= 15 is 0 Å². The zero-order valence-corrected chi connectivity index (χ0v) is 59.7. The second kappa shape index (κ2) is 45.6. The first kappa shape index (κ1) is 84.3. The minimum Gasteiger partial charge on any atom is -0.496 e. The van der Waals surface area contributed by atoms with Gasteiger partial charge in [-0.2, -0.15) is 0 Å². The van der Waals surface area contributed by atoms with E-state index in [9.17, 15) is 63.6 Å². The summed E-state index contributed by atoms with van der Waals surface area (Å²) in [6.45, 7) is 16.3. The average molecular weight is 1410 g/mol. The van der Waals surface area contributed by atoms with Gasteiger partial charge in [0.2, 0.25) is 17.7 Å². The molecule has 1 aliphatic heterocycles. The monoisotopic (exact) mass is 1410 g/mol. The summed E-state index contributed by atoms with van der Waals surface area (Å²) in [6.07, 6.45) is 5.63. The Hall–Kier alpha value is -8.10. The first-order chi connectivity index (χ1) is 47.8. The second-order valence-electron chi connectivity index (χ2n) is 25.5.